The van der Waals surface area contributed by atoms with Crippen LogP contribution in [0.3, 0.4) is 0 Å². The maximum absolute atomic E-state index is 10.7. The lowest BCUT2D eigenvalue weighted by Gasteiger charge is -2.11. The van der Waals surface area contributed by atoms with Crippen molar-refractivity contribution >= 4 is 12.7 Å². The molecule has 0 aliphatic heterocycles. The Morgan fingerprint density at radius 3 is 2.55 bits per heavy atom. The van der Waals surface area contributed by atoms with E-state index < -0.39 is 0 Å². The SMILES string of the molecule is COC(=O)CCC(N)B(C)C. The third kappa shape index (κ3) is 4.84. The Morgan fingerprint density at radius 1 is 1.64 bits per heavy atom. The fourth-order valence-electron chi connectivity index (χ4n) is 0.720. The van der Waals surface area contributed by atoms with Gasteiger partial charge in [-0.15, -0.1) is 0 Å². The summed E-state index contributed by atoms with van der Waals surface area (Å²) in [6, 6.07) is 0. The molecule has 0 aliphatic carbocycles. The van der Waals surface area contributed by atoms with Gasteiger partial charge in [0.2, 0.25) is 0 Å². The van der Waals surface area contributed by atoms with Crippen molar-refractivity contribution in [1.29, 1.82) is 0 Å². The lowest BCUT2D eigenvalue weighted by molar-refractivity contribution is -0.140. The first kappa shape index (κ1) is 10.5. The van der Waals surface area contributed by atoms with Crippen LogP contribution in [0.2, 0.25) is 13.6 Å². The molecule has 0 bridgehead atoms. The summed E-state index contributed by atoms with van der Waals surface area (Å²) in [6.45, 7) is 4.52. The average Bonchev–Trinajstić information content (AvgIpc) is 1.99. The molecule has 3 nitrogen and oxygen atoms in total. The maximum Gasteiger partial charge on any atom is 0.305 e. The number of esters is 1. The van der Waals surface area contributed by atoms with Crippen molar-refractivity contribution in [3.8, 4) is 0 Å². The predicted molar refractivity (Wildman–Crippen MR) is 46.7 cm³/mol. The van der Waals surface area contributed by atoms with Gasteiger partial charge in [0.15, 0.2) is 6.71 Å². The largest absolute Gasteiger partial charge is 0.469 e. The molecule has 2 N–H and O–H groups in total. The standard InChI is InChI=1S/C7H16BNO2/c1-8(2)6(9)4-5-7(10)11-3/h6H,4-5,9H2,1-3H3. The van der Waals surface area contributed by atoms with E-state index in [1.54, 1.807) is 0 Å². The monoisotopic (exact) mass is 157 g/mol. The second-order valence-corrected chi connectivity index (χ2v) is 3.02. The number of carbonyl (C=O) groups excluding carboxylic acids is 1. The lowest BCUT2D eigenvalue weighted by Crippen LogP contribution is -2.34. The fraction of sp³-hybridized carbons (Fsp3) is 0.857. The molecule has 0 aromatic carbocycles. The van der Waals surface area contributed by atoms with E-state index >= 15 is 0 Å². The van der Waals surface area contributed by atoms with E-state index in [0.717, 1.165) is 0 Å². The molecule has 0 saturated heterocycles. The Bertz CT molecular complexity index is 128. The number of ether oxygens (including phenoxy) is 1. The topological polar surface area (TPSA) is 52.3 Å². The van der Waals surface area contributed by atoms with E-state index in [4.69, 9.17) is 5.73 Å². The van der Waals surface area contributed by atoms with Gasteiger partial charge >= 0.3 is 5.97 Å². The highest BCUT2D eigenvalue weighted by molar-refractivity contribution is 6.57. The van der Waals surface area contributed by atoms with Gasteiger partial charge < -0.3 is 10.5 Å². The summed E-state index contributed by atoms with van der Waals surface area (Å²) in [4.78, 5) is 10.7. The second kappa shape index (κ2) is 5.19. The lowest BCUT2D eigenvalue weighted by atomic mass is 9.48. The van der Waals surface area contributed by atoms with Crippen LogP contribution in [-0.4, -0.2) is 25.7 Å². The summed E-state index contributed by atoms with van der Waals surface area (Å²) in [5.74, 6) is -0.0739. The zero-order valence-corrected chi connectivity index (χ0v) is 7.46. The number of hydrogen-bond donors (Lipinski definition) is 1. The van der Waals surface area contributed by atoms with Gasteiger partial charge in [-0.3, -0.25) is 4.79 Å². The van der Waals surface area contributed by atoms with Crippen molar-refractivity contribution in [2.24, 2.45) is 5.73 Å². The fourth-order valence-corrected chi connectivity index (χ4v) is 0.720. The van der Waals surface area contributed by atoms with Gasteiger partial charge in [-0.05, 0) is 12.4 Å². The number of carbonyl (C=O) groups is 1. The second-order valence-electron chi connectivity index (χ2n) is 3.02. The highest BCUT2D eigenvalue weighted by Crippen LogP contribution is 1.99. The van der Waals surface area contributed by atoms with E-state index in [-0.39, 0.29) is 11.9 Å². The Morgan fingerprint density at radius 2 is 2.18 bits per heavy atom. The Balaban J connectivity index is 3.45. The third-order valence-corrected chi connectivity index (χ3v) is 1.77. The molecule has 0 amide bonds. The first-order chi connectivity index (χ1) is 5.07. The molecule has 0 aromatic heterocycles. The van der Waals surface area contributed by atoms with E-state index in [9.17, 15) is 4.79 Å². The number of rotatable bonds is 4. The van der Waals surface area contributed by atoms with Gasteiger partial charge in [0.1, 0.15) is 0 Å². The minimum atomic E-state index is -0.180. The summed E-state index contributed by atoms with van der Waals surface area (Å²) >= 11 is 0. The molecule has 4 heteroatoms. The van der Waals surface area contributed by atoms with Crippen molar-refractivity contribution in [2.75, 3.05) is 7.11 Å². The smallest absolute Gasteiger partial charge is 0.305 e. The van der Waals surface area contributed by atoms with Gasteiger partial charge in [-0.1, -0.05) is 13.6 Å². The molecule has 0 saturated carbocycles. The molecule has 64 valence electrons. The summed E-state index contributed by atoms with van der Waals surface area (Å²) in [5, 5.41) is 0. The highest BCUT2D eigenvalue weighted by Gasteiger charge is 2.12. The Hall–Kier alpha value is -0.505. The van der Waals surface area contributed by atoms with Crippen LogP contribution in [-0.2, 0) is 9.53 Å². The van der Waals surface area contributed by atoms with Crippen molar-refractivity contribution in [3.63, 3.8) is 0 Å². The van der Waals surface area contributed by atoms with Gasteiger partial charge in [0.05, 0.1) is 7.11 Å². The summed E-state index contributed by atoms with van der Waals surface area (Å²) in [6.07, 6.45) is 1.14. The molecule has 1 unspecified atom stereocenters. The zero-order chi connectivity index (χ0) is 8.85. The first-order valence-corrected chi connectivity index (χ1v) is 3.90. The zero-order valence-electron chi connectivity index (χ0n) is 7.46. The van der Waals surface area contributed by atoms with Crippen LogP contribution < -0.4 is 5.73 Å². The van der Waals surface area contributed by atoms with E-state index in [1.165, 1.54) is 7.11 Å². The van der Waals surface area contributed by atoms with E-state index in [0.29, 0.717) is 19.6 Å². The van der Waals surface area contributed by atoms with Crippen molar-refractivity contribution in [2.45, 2.75) is 32.4 Å². The Kier molecular flexibility index (Phi) is 4.95. The van der Waals surface area contributed by atoms with Crippen LogP contribution in [0, 0.1) is 0 Å². The molecule has 0 rings (SSSR count). The molecule has 1 atom stereocenters. The molecular weight excluding hydrogens is 141 g/mol. The summed E-state index contributed by atoms with van der Waals surface area (Å²) in [7, 11) is 1.39. The first-order valence-electron chi connectivity index (χ1n) is 3.90. The van der Waals surface area contributed by atoms with Crippen LogP contribution in [0.1, 0.15) is 12.8 Å². The van der Waals surface area contributed by atoms with Gasteiger partial charge in [-0.25, -0.2) is 0 Å². The third-order valence-electron chi connectivity index (χ3n) is 1.77. The van der Waals surface area contributed by atoms with Crippen molar-refractivity contribution in [1.82, 2.24) is 0 Å². The van der Waals surface area contributed by atoms with Gasteiger partial charge in [0.25, 0.3) is 0 Å². The van der Waals surface area contributed by atoms with E-state index in [1.807, 2.05) is 13.6 Å². The normalized spacial score (nSPS) is 12.4. The van der Waals surface area contributed by atoms with Crippen LogP contribution in [0.5, 0.6) is 0 Å². The van der Waals surface area contributed by atoms with Gasteiger partial charge in [-0.2, -0.15) is 0 Å². The summed E-state index contributed by atoms with van der Waals surface area (Å²) in [5.41, 5.74) is 5.71. The van der Waals surface area contributed by atoms with Crippen LogP contribution in [0.25, 0.3) is 0 Å². The predicted octanol–water partition coefficient (Wildman–Crippen LogP) is 0.560. The molecule has 0 aromatic rings. The molecule has 11 heavy (non-hydrogen) atoms. The molecule has 0 heterocycles. The van der Waals surface area contributed by atoms with Crippen LogP contribution in [0.4, 0.5) is 0 Å². The Labute approximate surface area is 68.4 Å². The van der Waals surface area contributed by atoms with E-state index in [2.05, 4.69) is 4.74 Å². The van der Waals surface area contributed by atoms with Crippen molar-refractivity contribution < 1.29 is 9.53 Å². The van der Waals surface area contributed by atoms with Crippen LogP contribution >= 0.6 is 0 Å². The quantitative estimate of drug-likeness (QED) is 0.479. The molecule has 0 aliphatic rings. The summed E-state index contributed by atoms with van der Waals surface area (Å²) < 4.78 is 4.49. The minimum Gasteiger partial charge on any atom is -0.469 e. The maximum atomic E-state index is 10.7. The minimum absolute atomic E-state index is 0.106. The number of nitrogens with two attached hydrogens (primary N) is 1. The number of methoxy groups -OCH3 is 1. The van der Waals surface area contributed by atoms with Crippen LogP contribution in [0.15, 0.2) is 0 Å². The highest BCUT2D eigenvalue weighted by atomic mass is 16.5. The number of hydrogen-bond acceptors (Lipinski definition) is 3. The molecule has 0 radical (unpaired) electrons. The molecule has 0 fully saturated rings. The molecular formula is C7H16BNO2. The van der Waals surface area contributed by atoms with Crippen molar-refractivity contribution in [3.05, 3.63) is 0 Å². The van der Waals surface area contributed by atoms with Gasteiger partial charge in [0, 0.05) is 6.42 Å². The average molecular weight is 157 g/mol. The molecule has 0 spiro atoms.